The van der Waals surface area contributed by atoms with Crippen molar-refractivity contribution in [3.63, 3.8) is 0 Å². The number of aromatic amines is 1. The van der Waals surface area contributed by atoms with Crippen LogP contribution in [0.25, 0.3) is 10.2 Å². The van der Waals surface area contributed by atoms with E-state index in [1.807, 2.05) is 24.3 Å². The monoisotopic (exact) mass is 397 g/mol. The van der Waals surface area contributed by atoms with E-state index in [0.717, 1.165) is 40.8 Å². The van der Waals surface area contributed by atoms with Gasteiger partial charge >= 0.3 is 0 Å². The van der Waals surface area contributed by atoms with Crippen molar-refractivity contribution in [2.24, 2.45) is 0 Å². The summed E-state index contributed by atoms with van der Waals surface area (Å²) < 4.78 is 5.15. The Bertz CT molecular complexity index is 1070. The third-order valence-corrected chi connectivity index (χ3v) is 6.39. The van der Waals surface area contributed by atoms with Crippen molar-refractivity contribution >= 4 is 27.5 Å². The maximum absolute atomic E-state index is 12.5. The van der Waals surface area contributed by atoms with Crippen molar-refractivity contribution < 1.29 is 9.53 Å². The highest BCUT2D eigenvalue weighted by Gasteiger charge is 2.21. The number of aryl methyl sites for hydroxylation is 3. The second-order valence-electron chi connectivity index (χ2n) is 7.15. The van der Waals surface area contributed by atoms with Gasteiger partial charge in [0, 0.05) is 31.3 Å². The number of aromatic nitrogens is 2. The van der Waals surface area contributed by atoms with E-state index in [4.69, 9.17) is 4.74 Å². The Morgan fingerprint density at radius 2 is 2.07 bits per heavy atom. The minimum Gasteiger partial charge on any atom is -0.497 e. The fourth-order valence-electron chi connectivity index (χ4n) is 3.67. The third-order valence-electron chi connectivity index (χ3n) is 5.20. The molecule has 0 aliphatic heterocycles. The average Bonchev–Trinajstić information content (AvgIpc) is 3.27. The minimum atomic E-state index is -0.0709. The number of carbonyl (C=O) groups is 1. The Hall–Kier alpha value is -2.67. The maximum Gasteiger partial charge on any atom is 0.259 e. The number of rotatable bonds is 6. The van der Waals surface area contributed by atoms with Gasteiger partial charge in [0.2, 0.25) is 5.91 Å². The molecule has 146 valence electrons. The largest absolute Gasteiger partial charge is 0.497 e. The summed E-state index contributed by atoms with van der Waals surface area (Å²) in [7, 11) is 3.42. The SMILES string of the molecule is COc1ccc(CN(C)C(=O)CCc2nc3sc4c(c3c(=O)[nH]2)CCC4)cc1. The fourth-order valence-corrected chi connectivity index (χ4v) is 4.96. The predicted molar refractivity (Wildman–Crippen MR) is 110 cm³/mol. The molecule has 1 amide bonds. The highest BCUT2D eigenvalue weighted by molar-refractivity contribution is 7.18. The zero-order valence-corrected chi connectivity index (χ0v) is 16.9. The second kappa shape index (κ2) is 7.75. The van der Waals surface area contributed by atoms with Crippen LogP contribution in [0.3, 0.4) is 0 Å². The van der Waals surface area contributed by atoms with Gasteiger partial charge in [-0.3, -0.25) is 9.59 Å². The molecule has 1 aliphatic rings. The normalized spacial score (nSPS) is 12.9. The third kappa shape index (κ3) is 3.67. The van der Waals surface area contributed by atoms with Crippen molar-refractivity contribution in [2.45, 2.75) is 38.6 Å². The number of ether oxygens (including phenoxy) is 1. The van der Waals surface area contributed by atoms with Crippen molar-refractivity contribution in [3.05, 3.63) is 56.4 Å². The summed E-state index contributed by atoms with van der Waals surface area (Å²) in [5.74, 6) is 1.40. The molecular weight excluding hydrogens is 374 g/mol. The van der Waals surface area contributed by atoms with Gasteiger partial charge in [0.05, 0.1) is 12.5 Å². The van der Waals surface area contributed by atoms with Crippen LogP contribution in [0.15, 0.2) is 29.1 Å². The minimum absolute atomic E-state index is 0.0206. The first-order valence-electron chi connectivity index (χ1n) is 9.45. The molecule has 6 nitrogen and oxygen atoms in total. The summed E-state index contributed by atoms with van der Waals surface area (Å²) in [6.45, 7) is 0.531. The summed E-state index contributed by atoms with van der Waals surface area (Å²) in [4.78, 5) is 36.3. The van der Waals surface area contributed by atoms with Crippen LogP contribution in [0, 0.1) is 0 Å². The number of hydrogen-bond acceptors (Lipinski definition) is 5. The van der Waals surface area contributed by atoms with Crippen LogP contribution >= 0.6 is 11.3 Å². The lowest BCUT2D eigenvalue weighted by Gasteiger charge is -2.17. The molecule has 4 rings (SSSR count). The van der Waals surface area contributed by atoms with Crippen LogP contribution in [0.4, 0.5) is 0 Å². The van der Waals surface area contributed by atoms with Crippen LogP contribution in [0.2, 0.25) is 0 Å². The Balaban J connectivity index is 1.40. The molecular formula is C21H23N3O3S. The Labute approximate surface area is 167 Å². The van der Waals surface area contributed by atoms with Gasteiger partial charge in [0.15, 0.2) is 0 Å². The van der Waals surface area contributed by atoms with Gasteiger partial charge in [-0.05, 0) is 42.5 Å². The van der Waals surface area contributed by atoms with E-state index in [1.54, 1.807) is 30.4 Å². The number of fused-ring (bicyclic) bond motifs is 3. The number of H-pyrrole nitrogens is 1. The van der Waals surface area contributed by atoms with Crippen LogP contribution in [-0.4, -0.2) is 34.9 Å². The molecule has 1 N–H and O–H groups in total. The van der Waals surface area contributed by atoms with Gasteiger partial charge in [-0.2, -0.15) is 0 Å². The van der Waals surface area contributed by atoms with Crippen molar-refractivity contribution in [2.75, 3.05) is 14.2 Å². The molecule has 1 aromatic carbocycles. The maximum atomic E-state index is 12.5. The molecule has 0 spiro atoms. The van der Waals surface area contributed by atoms with Crippen LogP contribution in [0.5, 0.6) is 5.75 Å². The molecule has 0 unspecified atom stereocenters. The van der Waals surface area contributed by atoms with Gasteiger partial charge < -0.3 is 14.6 Å². The van der Waals surface area contributed by atoms with E-state index in [0.29, 0.717) is 25.2 Å². The van der Waals surface area contributed by atoms with E-state index in [2.05, 4.69) is 9.97 Å². The van der Waals surface area contributed by atoms with Gasteiger partial charge in [-0.25, -0.2) is 4.98 Å². The van der Waals surface area contributed by atoms with Gasteiger partial charge in [-0.15, -0.1) is 11.3 Å². The van der Waals surface area contributed by atoms with E-state index in [1.165, 1.54) is 10.4 Å². The Morgan fingerprint density at radius 3 is 2.82 bits per heavy atom. The molecule has 0 atom stereocenters. The highest BCUT2D eigenvalue weighted by atomic mass is 32.1. The molecule has 0 fully saturated rings. The Morgan fingerprint density at radius 1 is 1.29 bits per heavy atom. The van der Waals surface area contributed by atoms with Crippen LogP contribution < -0.4 is 10.3 Å². The quantitative estimate of drug-likeness (QED) is 0.694. The summed E-state index contributed by atoms with van der Waals surface area (Å²) >= 11 is 1.62. The van der Waals surface area contributed by atoms with Crippen LogP contribution in [0.1, 0.15) is 34.7 Å². The number of amides is 1. The smallest absolute Gasteiger partial charge is 0.259 e. The second-order valence-corrected chi connectivity index (χ2v) is 8.23. The van der Waals surface area contributed by atoms with E-state index >= 15 is 0 Å². The highest BCUT2D eigenvalue weighted by Crippen LogP contribution is 2.34. The summed E-state index contributed by atoms with van der Waals surface area (Å²) in [6.07, 6.45) is 3.87. The molecule has 28 heavy (non-hydrogen) atoms. The molecule has 7 heteroatoms. The number of nitrogens with one attached hydrogen (secondary N) is 1. The lowest BCUT2D eigenvalue weighted by molar-refractivity contribution is -0.130. The number of carbonyl (C=O) groups excluding carboxylic acids is 1. The number of nitrogens with zero attached hydrogens (tertiary/aromatic N) is 2. The number of benzene rings is 1. The van der Waals surface area contributed by atoms with E-state index < -0.39 is 0 Å². The topological polar surface area (TPSA) is 75.3 Å². The van der Waals surface area contributed by atoms with Gasteiger partial charge in [-0.1, -0.05) is 12.1 Å². The lowest BCUT2D eigenvalue weighted by Crippen LogP contribution is -2.26. The fraction of sp³-hybridized carbons (Fsp3) is 0.381. The van der Waals surface area contributed by atoms with Crippen molar-refractivity contribution in [1.29, 1.82) is 0 Å². The first kappa shape index (κ1) is 18.7. The standard InChI is InChI=1S/C21H23N3O3S/c1-24(12-13-6-8-14(27-2)9-7-13)18(25)11-10-17-22-20(26)19-15-4-3-5-16(15)28-21(19)23-17/h6-9H,3-5,10-12H2,1-2H3,(H,22,23,26). The summed E-state index contributed by atoms with van der Waals surface area (Å²) in [5.41, 5.74) is 2.15. The van der Waals surface area contributed by atoms with Crippen molar-refractivity contribution in [1.82, 2.24) is 14.9 Å². The number of hydrogen-bond donors (Lipinski definition) is 1. The molecule has 0 radical (unpaired) electrons. The summed E-state index contributed by atoms with van der Waals surface area (Å²) in [5, 5.41) is 0.754. The summed E-state index contributed by atoms with van der Waals surface area (Å²) in [6, 6.07) is 7.67. The molecule has 0 saturated heterocycles. The van der Waals surface area contributed by atoms with E-state index in [9.17, 15) is 9.59 Å². The van der Waals surface area contributed by atoms with Crippen molar-refractivity contribution in [3.8, 4) is 5.75 Å². The lowest BCUT2D eigenvalue weighted by atomic mass is 10.2. The van der Waals surface area contributed by atoms with E-state index in [-0.39, 0.29) is 11.5 Å². The molecule has 0 saturated carbocycles. The Kier molecular flexibility index (Phi) is 5.17. The van der Waals surface area contributed by atoms with Gasteiger partial charge in [0.1, 0.15) is 16.4 Å². The molecule has 2 heterocycles. The van der Waals surface area contributed by atoms with Gasteiger partial charge in [0.25, 0.3) is 5.56 Å². The van der Waals surface area contributed by atoms with Crippen LogP contribution in [-0.2, 0) is 30.6 Å². The zero-order valence-electron chi connectivity index (χ0n) is 16.1. The zero-order chi connectivity index (χ0) is 19.7. The first-order chi connectivity index (χ1) is 13.5. The molecule has 0 bridgehead atoms. The average molecular weight is 398 g/mol. The number of thiophene rings is 1. The molecule has 2 aromatic heterocycles. The predicted octanol–water partition coefficient (Wildman–Crippen LogP) is 3.07. The molecule has 3 aromatic rings. The first-order valence-corrected chi connectivity index (χ1v) is 10.3. The number of methoxy groups -OCH3 is 1. The molecule has 1 aliphatic carbocycles.